The van der Waals surface area contributed by atoms with Gasteiger partial charge in [-0.2, -0.15) is 0 Å². The second-order valence-electron chi connectivity index (χ2n) is 5.66. The van der Waals surface area contributed by atoms with E-state index in [1.54, 1.807) is 0 Å². The van der Waals surface area contributed by atoms with Gasteiger partial charge in [0.2, 0.25) is 0 Å². The van der Waals surface area contributed by atoms with Crippen LogP contribution in [0.1, 0.15) is 41.5 Å². The summed E-state index contributed by atoms with van der Waals surface area (Å²) in [4.78, 5) is 0. The molecular weight excluding hydrogens is 224 g/mol. The highest BCUT2D eigenvalue weighted by atomic mass is 28.4. The minimum absolute atomic E-state index is 0.614. The molecule has 17 heavy (non-hydrogen) atoms. The predicted molar refractivity (Wildman–Crippen MR) is 77.0 cm³/mol. The third kappa shape index (κ3) is 2.92. The van der Waals surface area contributed by atoms with Gasteiger partial charge in [-0.15, -0.1) is 0 Å². The average Bonchev–Trinajstić information content (AvgIpc) is 2.25. The molecule has 0 spiro atoms. The Morgan fingerprint density at radius 2 is 1.53 bits per heavy atom. The van der Waals surface area contributed by atoms with Crippen LogP contribution in [-0.2, 0) is 0 Å². The zero-order valence-electron chi connectivity index (χ0n) is 11.9. The maximum Gasteiger partial charge on any atom is 0.258 e. The maximum atomic E-state index is 6.49. The maximum absolute atomic E-state index is 6.49. The second-order valence-corrected chi connectivity index (χ2v) is 11.0. The van der Waals surface area contributed by atoms with Crippen molar-refractivity contribution in [1.29, 1.82) is 0 Å². The van der Waals surface area contributed by atoms with Gasteiger partial charge in [-0.05, 0) is 34.8 Å². The van der Waals surface area contributed by atoms with Crippen molar-refractivity contribution in [2.24, 2.45) is 0 Å². The summed E-state index contributed by atoms with van der Waals surface area (Å²) in [6.07, 6.45) is 0. The van der Waals surface area contributed by atoms with Gasteiger partial charge < -0.3 is 4.43 Å². The lowest BCUT2D eigenvalue weighted by Crippen LogP contribution is -2.50. The molecule has 95 valence electrons. The van der Waals surface area contributed by atoms with Crippen molar-refractivity contribution in [1.82, 2.24) is 0 Å². The molecule has 1 rings (SSSR count). The fourth-order valence-electron chi connectivity index (χ4n) is 3.00. The molecule has 0 aliphatic carbocycles. The predicted octanol–water partition coefficient (Wildman–Crippen LogP) is 5.04. The lowest BCUT2D eigenvalue weighted by Gasteiger charge is -2.42. The van der Waals surface area contributed by atoms with Crippen LogP contribution in [0.25, 0.3) is 0 Å². The standard InChI is InChI=1S/C15H25OSi/c1-12(2)17(13(3)4,14(5)6)16-15-10-8-7-9-11-15/h7-8,10-14H,1-6H3. The molecule has 2 heteroatoms. The first-order valence-corrected chi connectivity index (χ1v) is 8.70. The molecule has 0 saturated heterocycles. The molecule has 0 N–H and O–H groups in total. The van der Waals surface area contributed by atoms with Crippen molar-refractivity contribution in [2.45, 2.75) is 58.2 Å². The first kappa shape index (κ1) is 14.3. The van der Waals surface area contributed by atoms with Crippen LogP contribution in [0.5, 0.6) is 5.75 Å². The van der Waals surface area contributed by atoms with Crippen molar-refractivity contribution in [3.63, 3.8) is 0 Å². The molecule has 0 saturated carbocycles. The lowest BCUT2D eigenvalue weighted by molar-refractivity contribution is 0.479. The van der Waals surface area contributed by atoms with E-state index in [0.717, 1.165) is 5.75 Å². The van der Waals surface area contributed by atoms with Crippen LogP contribution in [0.2, 0.25) is 16.6 Å². The minimum atomic E-state index is -1.79. The number of hydrogen-bond acceptors (Lipinski definition) is 1. The zero-order chi connectivity index (χ0) is 13.1. The van der Waals surface area contributed by atoms with Gasteiger partial charge in [0.25, 0.3) is 8.32 Å². The summed E-state index contributed by atoms with van der Waals surface area (Å²) in [5.41, 5.74) is 1.84. The molecule has 0 aliphatic rings. The topological polar surface area (TPSA) is 9.23 Å². The molecule has 0 unspecified atom stereocenters. The van der Waals surface area contributed by atoms with Crippen LogP contribution in [0.15, 0.2) is 24.3 Å². The van der Waals surface area contributed by atoms with Crippen molar-refractivity contribution in [3.8, 4) is 5.75 Å². The van der Waals surface area contributed by atoms with E-state index in [1.807, 2.05) is 24.3 Å². The quantitative estimate of drug-likeness (QED) is 0.664. The largest absolute Gasteiger partial charge is 0.543 e. The molecule has 1 radical (unpaired) electrons. The van der Waals surface area contributed by atoms with Crippen LogP contribution in [0, 0.1) is 6.07 Å². The zero-order valence-corrected chi connectivity index (χ0v) is 12.9. The van der Waals surface area contributed by atoms with Crippen LogP contribution in [0.3, 0.4) is 0 Å². The highest BCUT2D eigenvalue weighted by molar-refractivity contribution is 6.78. The van der Waals surface area contributed by atoms with E-state index in [0.29, 0.717) is 16.6 Å². The molecular formula is C15H25OSi. The van der Waals surface area contributed by atoms with Gasteiger partial charge in [0.15, 0.2) is 0 Å². The van der Waals surface area contributed by atoms with Gasteiger partial charge in [-0.3, -0.25) is 0 Å². The van der Waals surface area contributed by atoms with Gasteiger partial charge in [0.05, 0.1) is 0 Å². The fourth-order valence-corrected chi connectivity index (χ4v) is 8.24. The molecule has 1 aromatic rings. The van der Waals surface area contributed by atoms with E-state index in [9.17, 15) is 0 Å². The molecule has 0 heterocycles. The smallest absolute Gasteiger partial charge is 0.258 e. The molecule has 1 aromatic carbocycles. The van der Waals surface area contributed by atoms with Gasteiger partial charge in [-0.25, -0.2) is 0 Å². The molecule has 0 aliphatic heterocycles. The summed E-state index contributed by atoms with van der Waals surface area (Å²) in [7, 11) is -1.79. The Morgan fingerprint density at radius 1 is 1.00 bits per heavy atom. The third-order valence-corrected chi connectivity index (χ3v) is 9.68. The Kier molecular flexibility index (Phi) is 4.81. The summed E-state index contributed by atoms with van der Waals surface area (Å²) < 4.78 is 6.49. The van der Waals surface area contributed by atoms with E-state index in [1.165, 1.54) is 0 Å². The fraction of sp³-hybridized carbons (Fsp3) is 0.600. The summed E-state index contributed by atoms with van der Waals surface area (Å²) in [6.45, 7) is 13.8. The van der Waals surface area contributed by atoms with Gasteiger partial charge in [-0.1, -0.05) is 53.7 Å². The summed E-state index contributed by atoms with van der Waals surface area (Å²) in [5, 5.41) is 0. The number of benzene rings is 1. The van der Waals surface area contributed by atoms with Gasteiger partial charge in [0, 0.05) is 0 Å². The van der Waals surface area contributed by atoms with Crippen LogP contribution >= 0.6 is 0 Å². The molecule has 0 amide bonds. The van der Waals surface area contributed by atoms with Gasteiger partial charge >= 0.3 is 0 Å². The second kappa shape index (κ2) is 5.72. The Hall–Kier alpha value is -0.763. The molecule has 0 fully saturated rings. The van der Waals surface area contributed by atoms with Gasteiger partial charge in [0.1, 0.15) is 5.75 Å². The Balaban J connectivity index is 3.07. The first-order chi connectivity index (χ1) is 7.91. The molecule has 1 nitrogen and oxygen atoms in total. The Morgan fingerprint density at radius 3 is 1.88 bits per heavy atom. The van der Waals surface area contributed by atoms with E-state index in [-0.39, 0.29) is 0 Å². The summed E-state index contributed by atoms with van der Waals surface area (Å²) >= 11 is 0. The number of rotatable bonds is 5. The minimum Gasteiger partial charge on any atom is -0.543 e. The average molecular weight is 249 g/mol. The van der Waals surface area contributed by atoms with Crippen LogP contribution in [0.4, 0.5) is 0 Å². The summed E-state index contributed by atoms with van der Waals surface area (Å²) in [5.74, 6) is 0.982. The SMILES string of the molecule is CC(C)[Si](Oc1c[c]ccc1)(C(C)C)C(C)C. The lowest BCUT2D eigenvalue weighted by atomic mass is 10.3. The Bertz CT molecular complexity index is 308. The van der Waals surface area contributed by atoms with E-state index in [4.69, 9.17) is 4.43 Å². The highest BCUT2D eigenvalue weighted by Gasteiger charge is 2.46. The molecule has 0 aromatic heterocycles. The first-order valence-electron chi connectivity index (χ1n) is 6.56. The van der Waals surface area contributed by atoms with Crippen molar-refractivity contribution in [3.05, 3.63) is 30.3 Å². The molecule has 0 bridgehead atoms. The van der Waals surface area contributed by atoms with Crippen LogP contribution < -0.4 is 4.43 Å². The monoisotopic (exact) mass is 249 g/mol. The Labute approximate surface area is 107 Å². The van der Waals surface area contributed by atoms with Crippen LogP contribution in [-0.4, -0.2) is 8.32 Å². The third-order valence-electron chi connectivity index (χ3n) is 3.68. The highest BCUT2D eigenvalue weighted by Crippen LogP contribution is 2.42. The van der Waals surface area contributed by atoms with Crippen molar-refractivity contribution >= 4 is 8.32 Å². The van der Waals surface area contributed by atoms with E-state index >= 15 is 0 Å². The van der Waals surface area contributed by atoms with E-state index in [2.05, 4.69) is 47.6 Å². The van der Waals surface area contributed by atoms with Crippen molar-refractivity contribution < 1.29 is 4.43 Å². The molecule has 0 atom stereocenters. The normalized spacial score (nSPS) is 12.5. The van der Waals surface area contributed by atoms with E-state index < -0.39 is 8.32 Å². The van der Waals surface area contributed by atoms with Crippen molar-refractivity contribution in [2.75, 3.05) is 0 Å². The number of hydrogen-bond donors (Lipinski definition) is 0. The summed E-state index contributed by atoms with van der Waals surface area (Å²) in [6, 6.07) is 11.0.